The third kappa shape index (κ3) is 4.19. The van der Waals surface area contributed by atoms with Crippen LogP contribution in [0.25, 0.3) is 33.8 Å². The molecule has 3 atom stereocenters. The molecule has 0 saturated heterocycles. The van der Waals surface area contributed by atoms with Crippen LogP contribution in [0.2, 0.25) is 0 Å². The van der Waals surface area contributed by atoms with Crippen molar-refractivity contribution in [2.24, 2.45) is 0 Å². The second-order valence-corrected chi connectivity index (χ2v) is 14.5. The van der Waals surface area contributed by atoms with Crippen LogP contribution in [-0.4, -0.2) is 17.2 Å². The molecule has 1 aromatic heterocycles. The number of aromatic nitrogens is 1. The minimum atomic E-state index is -0.592. The maximum Gasteiger partial charge on any atom is 0.132 e. The van der Waals surface area contributed by atoms with Gasteiger partial charge in [0.15, 0.2) is 0 Å². The van der Waals surface area contributed by atoms with E-state index in [9.17, 15) is 0 Å². The molecule has 5 aromatic carbocycles. The van der Waals surface area contributed by atoms with Crippen molar-refractivity contribution in [3.63, 3.8) is 0 Å². The summed E-state index contributed by atoms with van der Waals surface area (Å²) in [6, 6.07) is 40.2. The molecular weight excluding hydrogens is 637 g/mol. The molecule has 4 heterocycles. The zero-order chi connectivity index (χ0) is 34.2. The van der Waals surface area contributed by atoms with Crippen LogP contribution in [0.15, 0.2) is 151 Å². The molecule has 1 spiro atoms. The topological polar surface area (TPSA) is 35.4 Å². The first kappa shape index (κ1) is 29.8. The lowest BCUT2D eigenvalue weighted by molar-refractivity contribution is 0.202. The zero-order valence-corrected chi connectivity index (χ0v) is 28.9. The monoisotopic (exact) mass is 674 g/mol. The van der Waals surface area contributed by atoms with Gasteiger partial charge >= 0.3 is 0 Å². The van der Waals surface area contributed by atoms with Gasteiger partial charge in [0.1, 0.15) is 23.4 Å². The normalized spacial score (nSPS) is 22.0. The number of allylic oxidation sites excluding steroid dienone is 3. The molecule has 3 aliphatic heterocycles. The third-order valence-corrected chi connectivity index (χ3v) is 11.8. The number of rotatable bonds is 3. The van der Waals surface area contributed by atoms with Crippen molar-refractivity contribution in [1.29, 1.82) is 0 Å². The van der Waals surface area contributed by atoms with E-state index in [-0.39, 0.29) is 12.1 Å². The predicted molar refractivity (Wildman–Crippen MR) is 210 cm³/mol. The highest BCUT2D eigenvalue weighted by Gasteiger charge is 2.53. The van der Waals surface area contributed by atoms with Gasteiger partial charge in [0.25, 0.3) is 0 Å². The van der Waals surface area contributed by atoms with E-state index in [1.54, 1.807) is 0 Å². The quantitative estimate of drug-likeness (QED) is 0.190. The number of nitrogens with zero attached hydrogens (tertiary/aromatic N) is 1. The van der Waals surface area contributed by atoms with Gasteiger partial charge in [-0.25, -0.2) is 0 Å². The molecule has 252 valence electrons. The van der Waals surface area contributed by atoms with Gasteiger partial charge in [0.05, 0.1) is 10.9 Å². The Bertz CT molecular complexity index is 2550. The van der Waals surface area contributed by atoms with Crippen molar-refractivity contribution in [3.05, 3.63) is 185 Å². The van der Waals surface area contributed by atoms with E-state index in [4.69, 9.17) is 9.47 Å². The van der Waals surface area contributed by atoms with Gasteiger partial charge in [-0.3, -0.25) is 0 Å². The Morgan fingerprint density at radius 3 is 2.48 bits per heavy atom. The van der Waals surface area contributed by atoms with Crippen LogP contribution >= 0.6 is 0 Å². The van der Waals surface area contributed by atoms with Crippen LogP contribution in [0.5, 0.6) is 17.2 Å². The van der Waals surface area contributed by atoms with Crippen molar-refractivity contribution in [2.75, 3.05) is 6.54 Å². The summed E-state index contributed by atoms with van der Waals surface area (Å²) < 4.78 is 16.6. The van der Waals surface area contributed by atoms with E-state index in [0.717, 1.165) is 66.2 Å². The summed E-state index contributed by atoms with van der Waals surface area (Å²) in [4.78, 5) is 0. The van der Waals surface area contributed by atoms with Crippen LogP contribution in [0.4, 0.5) is 0 Å². The van der Waals surface area contributed by atoms with Gasteiger partial charge in [0, 0.05) is 63.6 Å². The number of para-hydroxylation sites is 3. The number of benzene rings is 5. The Morgan fingerprint density at radius 2 is 1.56 bits per heavy atom. The van der Waals surface area contributed by atoms with Crippen molar-refractivity contribution in [1.82, 2.24) is 9.88 Å². The van der Waals surface area contributed by atoms with Crippen LogP contribution in [0, 0.1) is 0 Å². The second kappa shape index (κ2) is 11.6. The van der Waals surface area contributed by atoms with Crippen molar-refractivity contribution >= 4 is 17.0 Å². The number of fused-ring (bicyclic) bond motifs is 11. The summed E-state index contributed by atoms with van der Waals surface area (Å²) >= 11 is 0. The molecule has 0 fully saturated rings. The lowest BCUT2D eigenvalue weighted by atomic mass is 9.59. The molecule has 0 radical (unpaired) electrons. The van der Waals surface area contributed by atoms with Crippen LogP contribution in [-0.2, 0) is 11.8 Å². The molecule has 5 aliphatic rings. The van der Waals surface area contributed by atoms with E-state index in [2.05, 4.69) is 162 Å². The Labute approximate surface area is 304 Å². The van der Waals surface area contributed by atoms with Crippen molar-refractivity contribution in [2.45, 2.75) is 43.2 Å². The predicted octanol–water partition coefficient (Wildman–Crippen LogP) is 10.9. The summed E-state index contributed by atoms with van der Waals surface area (Å²) in [6.07, 6.45) is 19.6. The number of ether oxygens (including phenoxy) is 2. The van der Waals surface area contributed by atoms with Gasteiger partial charge in [-0.2, -0.15) is 0 Å². The molecule has 0 saturated carbocycles. The molecule has 4 nitrogen and oxygen atoms in total. The minimum Gasteiger partial charge on any atom is -0.485 e. The summed E-state index contributed by atoms with van der Waals surface area (Å²) in [5.74, 6) is 2.78. The molecule has 2 aliphatic carbocycles. The minimum absolute atomic E-state index is 0.121. The first-order chi connectivity index (χ1) is 25.8. The fourth-order valence-corrected chi connectivity index (χ4v) is 9.66. The van der Waals surface area contributed by atoms with E-state index in [1.165, 1.54) is 50.1 Å². The highest BCUT2D eigenvalue weighted by atomic mass is 16.5. The zero-order valence-electron chi connectivity index (χ0n) is 28.9. The lowest BCUT2D eigenvalue weighted by Gasteiger charge is -2.49. The maximum absolute atomic E-state index is 7.28. The molecule has 52 heavy (non-hydrogen) atoms. The van der Waals surface area contributed by atoms with E-state index >= 15 is 0 Å². The van der Waals surface area contributed by atoms with Crippen LogP contribution in [0.1, 0.15) is 58.8 Å². The fraction of sp³-hybridized carbons (Fsp3) is 0.167. The Hall–Kier alpha value is -5.84. The number of nitrogens with one attached hydrogen (secondary N) is 1. The summed E-state index contributed by atoms with van der Waals surface area (Å²) in [5.41, 5.74) is 12.8. The third-order valence-electron chi connectivity index (χ3n) is 11.8. The average Bonchev–Trinajstić information content (AvgIpc) is 3.56. The molecule has 0 bridgehead atoms. The van der Waals surface area contributed by atoms with Crippen LogP contribution in [0.3, 0.4) is 0 Å². The largest absolute Gasteiger partial charge is 0.485 e. The summed E-state index contributed by atoms with van der Waals surface area (Å²) in [6.45, 7) is 0.879. The molecule has 0 amide bonds. The van der Waals surface area contributed by atoms with Gasteiger partial charge in [0.2, 0.25) is 0 Å². The molecule has 4 heteroatoms. The van der Waals surface area contributed by atoms with Gasteiger partial charge in [-0.1, -0.05) is 121 Å². The Kier molecular flexibility index (Phi) is 6.65. The van der Waals surface area contributed by atoms with Gasteiger partial charge in [-0.15, -0.1) is 0 Å². The Morgan fingerprint density at radius 1 is 0.712 bits per heavy atom. The van der Waals surface area contributed by atoms with Crippen molar-refractivity contribution < 1.29 is 9.47 Å². The SMILES string of the molecule is C1=CCC2Oc3c(-c4cccc5c4c4c(n5-c5ccccc5)CCC=C4)cccc3C3(C2=C1)c1ccccc1Oc1cc(C2CC=CCN2)ccc13. The van der Waals surface area contributed by atoms with Crippen LogP contribution < -0.4 is 14.8 Å². The molecule has 6 aromatic rings. The van der Waals surface area contributed by atoms with Gasteiger partial charge < -0.3 is 19.4 Å². The average molecular weight is 675 g/mol. The molecule has 11 rings (SSSR count). The standard InChI is InChI=1S/C48H38N2O2/c1-2-14-32(15-3-1)50-41-23-7-4-16-35(41)46-33(17-13-24-42(46)50)34-18-12-21-39-47(34)52-44-26-9-6-20-37(44)48(39)36-19-5-8-25-43(36)51-45-30-31(27-28-38(45)48)40-22-10-11-29-49-40/h1-6,8-21,24-25,27-28,30,40,44,49H,7,22-23,26,29H2. The summed E-state index contributed by atoms with van der Waals surface area (Å²) in [7, 11) is 0. The lowest BCUT2D eigenvalue weighted by Crippen LogP contribution is -2.45. The smallest absolute Gasteiger partial charge is 0.132 e. The van der Waals surface area contributed by atoms with E-state index in [0.29, 0.717) is 0 Å². The second-order valence-electron chi connectivity index (χ2n) is 14.5. The molecular formula is C48H38N2O2. The highest BCUT2D eigenvalue weighted by molar-refractivity contribution is 6.05. The van der Waals surface area contributed by atoms with Crippen molar-refractivity contribution in [3.8, 4) is 34.1 Å². The summed E-state index contributed by atoms with van der Waals surface area (Å²) in [5, 5.41) is 4.96. The maximum atomic E-state index is 7.28. The molecule has 3 unspecified atom stereocenters. The van der Waals surface area contributed by atoms with E-state index in [1.807, 2.05) is 0 Å². The van der Waals surface area contributed by atoms with Gasteiger partial charge in [-0.05, 0) is 66.3 Å². The number of hydrogen-bond donors (Lipinski definition) is 1. The molecule has 1 N–H and O–H groups in total. The highest BCUT2D eigenvalue weighted by Crippen LogP contribution is 2.62. The fourth-order valence-electron chi connectivity index (χ4n) is 9.66. The first-order valence-corrected chi connectivity index (χ1v) is 18.7. The van der Waals surface area contributed by atoms with E-state index < -0.39 is 5.41 Å². The Balaban J connectivity index is 1.20. The first-order valence-electron chi connectivity index (χ1n) is 18.7. The number of hydrogen-bond acceptors (Lipinski definition) is 3.